The summed E-state index contributed by atoms with van der Waals surface area (Å²) < 4.78 is 10.4. The number of nitrogens with one attached hydrogen (secondary N) is 1. The van der Waals surface area contributed by atoms with E-state index in [9.17, 15) is 0 Å². The first kappa shape index (κ1) is 13.4. The third-order valence-corrected chi connectivity index (χ3v) is 2.54. The lowest BCUT2D eigenvalue weighted by Crippen LogP contribution is -2.02. The van der Waals surface area contributed by atoms with Gasteiger partial charge in [-0.2, -0.15) is 9.97 Å². The zero-order valence-corrected chi connectivity index (χ0v) is 11.5. The Balaban J connectivity index is 2.32. The van der Waals surface area contributed by atoms with Crippen LogP contribution in [0.1, 0.15) is 5.82 Å². The minimum Gasteiger partial charge on any atom is -0.497 e. The van der Waals surface area contributed by atoms with E-state index in [1.807, 2.05) is 6.07 Å². The van der Waals surface area contributed by atoms with Crippen molar-refractivity contribution in [1.29, 1.82) is 0 Å². The van der Waals surface area contributed by atoms with Gasteiger partial charge >= 0.3 is 0 Å². The summed E-state index contributed by atoms with van der Waals surface area (Å²) in [5, 5.41) is 3.17. The van der Waals surface area contributed by atoms with Crippen LogP contribution in [0.5, 0.6) is 11.5 Å². The SMILES string of the molecule is COc1ccc(Nc2nc(C)nc(Cl)n2)c(OC)c1. The summed E-state index contributed by atoms with van der Waals surface area (Å²) in [7, 11) is 3.17. The molecule has 0 saturated carbocycles. The van der Waals surface area contributed by atoms with Gasteiger partial charge in [-0.25, -0.2) is 4.98 Å². The fourth-order valence-corrected chi connectivity index (χ4v) is 1.73. The third-order valence-electron chi connectivity index (χ3n) is 2.38. The van der Waals surface area contributed by atoms with Crippen molar-refractivity contribution in [3.63, 3.8) is 0 Å². The molecule has 2 aromatic rings. The van der Waals surface area contributed by atoms with Gasteiger partial charge in [-0.15, -0.1) is 0 Å². The Morgan fingerprint density at radius 1 is 1.11 bits per heavy atom. The second kappa shape index (κ2) is 5.71. The van der Waals surface area contributed by atoms with Crippen LogP contribution in [-0.2, 0) is 0 Å². The molecule has 7 heteroatoms. The van der Waals surface area contributed by atoms with E-state index in [4.69, 9.17) is 21.1 Å². The van der Waals surface area contributed by atoms with E-state index in [0.717, 1.165) is 0 Å². The molecule has 1 heterocycles. The normalized spacial score (nSPS) is 10.1. The minimum absolute atomic E-state index is 0.141. The molecule has 0 atom stereocenters. The van der Waals surface area contributed by atoms with Gasteiger partial charge in [0, 0.05) is 6.07 Å². The van der Waals surface area contributed by atoms with E-state index in [2.05, 4.69) is 20.3 Å². The molecule has 1 aromatic heterocycles. The lowest BCUT2D eigenvalue weighted by atomic mass is 10.2. The average molecular weight is 281 g/mol. The molecule has 0 amide bonds. The number of nitrogens with zero attached hydrogens (tertiary/aromatic N) is 3. The number of rotatable bonds is 4. The fourth-order valence-electron chi connectivity index (χ4n) is 1.53. The van der Waals surface area contributed by atoms with Crippen molar-refractivity contribution < 1.29 is 9.47 Å². The molecular weight excluding hydrogens is 268 g/mol. The number of aryl methyl sites for hydroxylation is 1. The van der Waals surface area contributed by atoms with Crippen LogP contribution in [0, 0.1) is 6.92 Å². The summed E-state index contributed by atoms with van der Waals surface area (Å²) in [5.74, 6) is 2.22. The highest BCUT2D eigenvalue weighted by Crippen LogP contribution is 2.30. The van der Waals surface area contributed by atoms with Crippen LogP contribution in [0.25, 0.3) is 0 Å². The van der Waals surface area contributed by atoms with Crippen molar-refractivity contribution in [2.75, 3.05) is 19.5 Å². The molecule has 100 valence electrons. The molecule has 0 unspecified atom stereocenters. The quantitative estimate of drug-likeness (QED) is 0.928. The fraction of sp³-hybridized carbons (Fsp3) is 0.250. The Morgan fingerprint density at radius 2 is 1.89 bits per heavy atom. The van der Waals surface area contributed by atoms with Gasteiger partial charge < -0.3 is 14.8 Å². The van der Waals surface area contributed by atoms with Crippen LogP contribution in [0.2, 0.25) is 5.28 Å². The molecule has 2 rings (SSSR count). The van der Waals surface area contributed by atoms with Gasteiger partial charge in [-0.05, 0) is 30.7 Å². The topological polar surface area (TPSA) is 69.2 Å². The van der Waals surface area contributed by atoms with Gasteiger partial charge in [-0.3, -0.25) is 0 Å². The summed E-state index contributed by atoms with van der Waals surface area (Å²) in [5.41, 5.74) is 0.713. The van der Waals surface area contributed by atoms with Crippen LogP contribution >= 0.6 is 11.6 Å². The molecule has 0 aliphatic rings. The molecule has 1 N–H and O–H groups in total. The summed E-state index contributed by atoms with van der Waals surface area (Å²) in [6.45, 7) is 1.74. The van der Waals surface area contributed by atoms with Gasteiger partial charge in [0.25, 0.3) is 0 Å². The van der Waals surface area contributed by atoms with E-state index in [-0.39, 0.29) is 5.28 Å². The largest absolute Gasteiger partial charge is 0.497 e. The molecule has 0 fully saturated rings. The van der Waals surface area contributed by atoms with Gasteiger partial charge in [0.15, 0.2) is 0 Å². The third kappa shape index (κ3) is 3.23. The van der Waals surface area contributed by atoms with Crippen LogP contribution in [0.4, 0.5) is 11.6 Å². The Kier molecular flexibility index (Phi) is 4.01. The Morgan fingerprint density at radius 3 is 2.53 bits per heavy atom. The maximum absolute atomic E-state index is 5.78. The highest BCUT2D eigenvalue weighted by Gasteiger charge is 2.08. The summed E-state index contributed by atoms with van der Waals surface area (Å²) >= 11 is 5.78. The van der Waals surface area contributed by atoms with Crippen LogP contribution in [0.15, 0.2) is 18.2 Å². The second-order valence-corrected chi connectivity index (χ2v) is 4.00. The number of hydrogen-bond donors (Lipinski definition) is 1. The van der Waals surface area contributed by atoms with Crippen molar-refractivity contribution in [1.82, 2.24) is 15.0 Å². The Bertz CT molecular complexity index is 572. The highest BCUT2D eigenvalue weighted by molar-refractivity contribution is 6.28. The van der Waals surface area contributed by atoms with Crippen LogP contribution in [0.3, 0.4) is 0 Å². The van der Waals surface area contributed by atoms with Gasteiger partial charge in [0.05, 0.1) is 19.9 Å². The van der Waals surface area contributed by atoms with Gasteiger partial charge in [0.2, 0.25) is 11.2 Å². The molecule has 0 bridgehead atoms. The van der Waals surface area contributed by atoms with E-state index in [1.54, 1.807) is 33.3 Å². The van der Waals surface area contributed by atoms with E-state index >= 15 is 0 Å². The first-order valence-electron chi connectivity index (χ1n) is 5.49. The molecule has 0 saturated heterocycles. The van der Waals surface area contributed by atoms with Crippen molar-refractivity contribution in [2.45, 2.75) is 6.92 Å². The molecule has 19 heavy (non-hydrogen) atoms. The first-order valence-corrected chi connectivity index (χ1v) is 5.87. The van der Waals surface area contributed by atoms with Crippen LogP contribution in [-0.4, -0.2) is 29.2 Å². The lowest BCUT2D eigenvalue weighted by molar-refractivity contribution is 0.395. The maximum atomic E-state index is 5.78. The minimum atomic E-state index is 0.141. The summed E-state index contributed by atoms with van der Waals surface area (Å²) in [6, 6.07) is 5.38. The Labute approximate surface area is 115 Å². The van der Waals surface area contributed by atoms with Crippen molar-refractivity contribution in [3.05, 3.63) is 29.3 Å². The molecular formula is C12H13ClN4O2. The number of halogens is 1. The van der Waals surface area contributed by atoms with E-state index in [1.165, 1.54) is 0 Å². The number of aromatic nitrogens is 3. The van der Waals surface area contributed by atoms with Crippen molar-refractivity contribution in [3.8, 4) is 11.5 Å². The predicted octanol–water partition coefficient (Wildman–Crippen LogP) is 2.59. The highest BCUT2D eigenvalue weighted by atomic mass is 35.5. The van der Waals surface area contributed by atoms with Crippen LogP contribution < -0.4 is 14.8 Å². The number of ether oxygens (including phenoxy) is 2. The number of benzene rings is 1. The number of anilines is 2. The number of methoxy groups -OCH3 is 2. The van der Waals surface area contributed by atoms with Crippen molar-refractivity contribution in [2.24, 2.45) is 0 Å². The van der Waals surface area contributed by atoms with E-state index in [0.29, 0.717) is 29.0 Å². The summed E-state index contributed by atoms with van der Waals surface area (Å²) in [4.78, 5) is 12.0. The standard InChI is InChI=1S/C12H13ClN4O2/c1-7-14-11(13)17-12(15-7)16-9-5-4-8(18-2)6-10(9)19-3/h4-6H,1-3H3,(H,14,15,16,17). The van der Waals surface area contributed by atoms with Crippen molar-refractivity contribution >= 4 is 23.2 Å². The zero-order valence-electron chi connectivity index (χ0n) is 10.8. The average Bonchev–Trinajstić information content (AvgIpc) is 2.38. The first-order chi connectivity index (χ1) is 9.12. The molecule has 1 aromatic carbocycles. The molecule has 0 aliphatic heterocycles. The summed E-state index contributed by atoms with van der Waals surface area (Å²) in [6.07, 6.45) is 0. The lowest BCUT2D eigenvalue weighted by Gasteiger charge is -2.11. The smallest absolute Gasteiger partial charge is 0.231 e. The van der Waals surface area contributed by atoms with Gasteiger partial charge in [0.1, 0.15) is 17.3 Å². The second-order valence-electron chi connectivity index (χ2n) is 3.67. The molecule has 0 aliphatic carbocycles. The monoisotopic (exact) mass is 280 g/mol. The maximum Gasteiger partial charge on any atom is 0.231 e. The zero-order chi connectivity index (χ0) is 13.8. The predicted molar refractivity (Wildman–Crippen MR) is 72.4 cm³/mol. The van der Waals surface area contributed by atoms with Gasteiger partial charge in [-0.1, -0.05) is 0 Å². The molecule has 0 spiro atoms. The van der Waals surface area contributed by atoms with E-state index < -0.39 is 0 Å². The number of hydrogen-bond acceptors (Lipinski definition) is 6. The molecule has 0 radical (unpaired) electrons. The Hall–Kier alpha value is -2.08. The molecule has 6 nitrogen and oxygen atoms in total.